The van der Waals surface area contributed by atoms with Gasteiger partial charge in [-0.25, -0.2) is 0 Å². The van der Waals surface area contributed by atoms with Crippen molar-refractivity contribution in [1.29, 1.82) is 0 Å². The van der Waals surface area contributed by atoms with E-state index in [0.29, 0.717) is 0 Å². The van der Waals surface area contributed by atoms with Gasteiger partial charge in [-0.15, -0.1) is 0 Å². The molecule has 0 spiro atoms. The number of carbonyl (C=O) groups excluding carboxylic acids is 1. The van der Waals surface area contributed by atoms with Crippen molar-refractivity contribution in [2.45, 2.75) is 11.7 Å². The van der Waals surface area contributed by atoms with Crippen molar-refractivity contribution in [3.05, 3.63) is 35.4 Å². The van der Waals surface area contributed by atoms with Crippen LogP contribution in [-0.4, -0.2) is 29.7 Å². The van der Waals surface area contributed by atoms with Crippen LogP contribution in [-0.2, 0) is 14.9 Å². The lowest BCUT2D eigenvalue weighted by Gasteiger charge is -2.22. The molecule has 0 aromatic heterocycles. The van der Waals surface area contributed by atoms with Crippen molar-refractivity contribution >= 4 is 21.6 Å². The maximum Gasteiger partial charge on any atom is 0.272 e. The highest BCUT2D eigenvalue weighted by Crippen LogP contribution is 2.33. The second-order valence-electron chi connectivity index (χ2n) is 3.67. The fourth-order valence-electron chi connectivity index (χ4n) is 1.89. The summed E-state index contributed by atoms with van der Waals surface area (Å²) in [5.74, 6) is -0.617. The van der Waals surface area contributed by atoms with E-state index in [1.807, 2.05) is 0 Å². The fourth-order valence-corrected chi connectivity index (χ4v) is 2.78. The molecule has 6 nitrogen and oxygen atoms in total. The maximum atomic E-state index is 11.6. The molecule has 1 aromatic rings. The maximum absolute atomic E-state index is 11.6. The molecule has 2 rings (SSSR count). The number of Topliss-reactive ketones (excluding diaryl/α,β-unsaturated/α-hetero) is 1. The summed E-state index contributed by atoms with van der Waals surface area (Å²) < 4.78 is 31.5. The van der Waals surface area contributed by atoms with E-state index < -0.39 is 27.6 Å². The van der Waals surface area contributed by atoms with Gasteiger partial charge in [-0.3, -0.25) is 9.35 Å². The molecule has 0 heterocycles. The van der Waals surface area contributed by atoms with Crippen LogP contribution in [0.2, 0.25) is 0 Å². The zero-order valence-electron chi connectivity index (χ0n) is 8.57. The average Bonchev–Trinajstić information content (AvgIpc) is 2.27. The van der Waals surface area contributed by atoms with E-state index in [4.69, 9.17) is 9.76 Å². The minimum absolute atomic E-state index is 0.180. The molecular weight excluding hydrogens is 246 g/mol. The summed E-state index contributed by atoms with van der Waals surface area (Å²) in [6.45, 7) is 0. The zero-order chi connectivity index (χ0) is 12.6. The molecule has 0 saturated carbocycles. The summed E-state index contributed by atoms with van der Waals surface area (Å²) >= 11 is 0. The molecule has 90 valence electrons. The Morgan fingerprint density at radius 2 is 1.94 bits per heavy atom. The third-order valence-electron chi connectivity index (χ3n) is 2.66. The van der Waals surface area contributed by atoms with Gasteiger partial charge in [0, 0.05) is 12.0 Å². The Hall–Kier alpha value is -1.73. The van der Waals surface area contributed by atoms with Gasteiger partial charge < -0.3 is 5.21 Å². The Morgan fingerprint density at radius 1 is 1.29 bits per heavy atom. The molecule has 1 aliphatic carbocycles. The molecule has 0 aliphatic heterocycles. The third-order valence-corrected chi connectivity index (χ3v) is 3.80. The van der Waals surface area contributed by atoms with Crippen LogP contribution >= 0.6 is 0 Å². The van der Waals surface area contributed by atoms with Gasteiger partial charge in [0.25, 0.3) is 10.1 Å². The highest BCUT2D eigenvalue weighted by molar-refractivity contribution is 7.86. The lowest BCUT2D eigenvalue weighted by molar-refractivity contribution is -0.113. The third kappa shape index (κ3) is 1.94. The van der Waals surface area contributed by atoms with Crippen molar-refractivity contribution in [2.75, 3.05) is 0 Å². The fraction of sp³-hybridized carbons (Fsp3) is 0.200. The van der Waals surface area contributed by atoms with Crippen LogP contribution in [0.15, 0.2) is 29.4 Å². The molecule has 2 N–H and O–H groups in total. The summed E-state index contributed by atoms with van der Waals surface area (Å²) in [5.41, 5.74) is 0.316. The number of oxime groups is 1. The summed E-state index contributed by atoms with van der Waals surface area (Å²) in [6, 6.07) is 6.12. The van der Waals surface area contributed by atoms with Gasteiger partial charge in [0.1, 0.15) is 5.25 Å². The topological polar surface area (TPSA) is 104 Å². The van der Waals surface area contributed by atoms with Crippen LogP contribution in [0.25, 0.3) is 0 Å². The summed E-state index contributed by atoms with van der Waals surface area (Å²) in [5, 5.41) is 10.3. The van der Waals surface area contributed by atoms with Gasteiger partial charge in [-0.1, -0.05) is 29.4 Å². The van der Waals surface area contributed by atoms with Crippen LogP contribution in [0.4, 0.5) is 0 Å². The molecule has 0 saturated heterocycles. The number of ketones is 1. The smallest absolute Gasteiger partial charge is 0.272 e. The van der Waals surface area contributed by atoms with Gasteiger partial charge in [-0.05, 0) is 5.56 Å². The van der Waals surface area contributed by atoms with Crippen LogP contribution < -0.4 is 0 Å². The molecule has 17 heavy (non-hydrogen) atoms. The Bertz CT molecular complexity index is 605. The van der Waals surface area contributed by atoms with Gasteiger partial charge in [0.05, 0.1) is 0 Å². The lowest BCUT2D eigenvalue weighted by Crippen LogP contribution is -2.30. The number of hydrogen-bond donors (Lipinski definition) is 2. The molecule has 1 aliphatic rings. The highest BCUT2D eigenvalue weighted by Gasteiger charge is 2.37. The largest absolute Gasteiger partial charge is 0.410 e. The molecule has 7 heteroatoms. The Morgan fingerprint density at radius 3 is 2.53 bits per heavy atom. The molecule has 1 unspecified atom stereocenters. The zero-order valence-corrected chi connectivity index (χ0v) is 9.38. The minimum Gasteiger partial charge on any atom is -0.410 e. The van der Waals surface area contributed by atoms with E-state index in [1.54, 1.807) is 12.1 Å². The van der Waals surface area contributed by atoms with Gasteiger partial charge in [-0.2, -0.15) is 8.42 Å². The first-order chi connectivity index (χ1) is 7.95. The molecular formula is C10H9NO5S. The monoisotopic (exact) mass is 255 g/mol. The predicted molar refractivity (Wildman–Crippen MR) is 58.7 cm³/mol. The molecule has 0 bridgehead atoms. The predicted octanol–water partition coefficient (Wildman–Crippen LogP) is 0.767. The number of carbonyl (C=O) groups is 1. The quantitative estimate of drug-likeness (QED) is 0.438. The number of rotatable bonds is 1. The van der Waals surface area contributed by atoms with Crippen LogP contribution in [0.3, 0.4) is 0 Å². The standard InChI is InChI=1S/C10H9NO5S/c12-8-5-9(17(14,15)16)6-3-1-2-4-7(6)10(8)11-13/h1-4,9,13H,5H2,(H,14,15,16)/b11-10-. The summed E-state index contributed by atoms with van der Waals surface area (Å²) in [7, 11) is -4.36. The molecule has 1 atom stereocenters. The van der Waals surface area contributed by atoms with E-state index in [2.05, 4.69) is 5.16 Å². The second-order valence-corrected chi connectivity index (χ2v) is 5.27. The second kappa shape index (κ2) is 3.94. The van der Waals surface area contributed by atoms with E-state index in [0.717, 1.165) is 0 Å². The number of benzene rings is 1. The van der Waals surface area contributed by atoms with E-state index in [-0.39, 0.29) is 16.8 Å². The first-order valence-corrected chi connectivity index (χ1v) is 6.26. The van der Waals surface area contributed by atoms with Gasteiger partial charge in [0.15, 0.2) is 11.5 Å². The Labute approximate surface area is 97.3 Å². The Kier molecular flexibility index (Phi) is 2.72. The van der Waals surface area contributed by atoms with Crippen LogP contribution in [0.5, 0.6) is 0 Å². The van der Waals surface area contributed by atoms with Crippen LogP contribution in [0.1, 0.15) is 22.8 Å². The van der Waals surface area contributed by atoms with Crippen molar-refractivity contribution in [3.63, 3.8) is 0 Å². The molecule has 1 aromatic carbocycles. The van der Waals surface area contributed by atoms with Crippen molar-refractivity contribution in [2.24, 2.45) is 5.16 Å². The minimum atomic E-state index is -4.36. The lowest BCUT2D eigenvalue weighted by atomic mass is 9.89. The van der Waals surface area contributed by atoms with Crippen molar-refractivity contribution < 1.29 is 23.0 Å². The van der Waals surface area contributed by atoms with Crippen LogP contribution in [0, 0.1) is 0 Å². The normalized spacial score (nSPS) is 22.5. The van der Waals surface area contributed by atoms with E-state index >= 15 is 0 Å². The van der Waals surface area contributed by atoms with Gasteiger partial charge >= 0.3 is 0 Å². The number of fused-ring (bicyclic) bond motifs is 1. The van der Waals surface area contributed by atoms with Crippen molar-refractivity contribution in [1.82, 2.24) is 0 Å². The number of nitrogens with zero attached hydrogens (tertiary/aromatic N) is 1. The first-order valence-electron chi connectivity index (χ1n) is 4.76. The summed E-state index contributed by atoms with van der Waals surface area (Å²) in [4.78, 5) is 11.6. The van der Waals surface area contributed by atoms with Gasteiger partial charge in [0.2, 0.25) is 0 Å². The molecule has 0 radical (unpaired) electrons. The first kappa shape index (κ1) is 11.7. The molecule has 0 fully saturated rings. The van der Waals surface area contributed by atoms with E-state index in [9.17, 15) is 13.2 Å². The van der Waals surface area contributed by atoms with E-state index in [1.165, 1.54) is 12.1 Å². The summed E-state index contributed by atoms with van der Waals surface area (Å²) in [6.07, 6.45) is -0.421. The SMILES string of the molecule is O=C1CC(S(=O)(=O)O)c2ccccc2/C1=N/O. The Balaban J connectivity index is 2.69. The average molecular weight is 255 g/mol. The highest BCUT2D eigenvalue weighted by atomic mass is 32.2. The van der Waals surface area contributed by atoms with Crippen molar-refractivity contribution in [3.8, 4) is 0 Å². The number of hydrogen-bond acceptors (Lipinski definition) is 5. The molecule has 0 amide bonds.